The molecule has 0 saturated carbocycles. The smallest absolute Gasteiger partial charge is 0.0866 e. The van der Waals surface area contributed by atoms with Crippen molar-refractivity contribution in [2.75, 3.05) is 32.7 Å². The fourth-order valence-corrected chi connectivity index (χ4v) is 2.25. The fourth-order valence-electron chi connectivity index (χ4n) is 2.25. The van der Waals surface area contributed by atoms with E-state index in [-0.39, 0.29) is 0 Å². The maximum absolute atomic E-state index is 8.64. The lowest BCUT2D eigenvalue weighted by molar-refractivity contribution is 0.136. The van der Waals surface area contributed by atoms with Gasteiger partial charge in [-0.05, 0) is 13.0 Å². The van der Waals surface area contributed by atoms with E-state index in [0.717, 1.165) is 38.4 Å². The monoisotopic (exact) mass is 233 g/mol. The van der Waals surface area contributed by atoms with Crippen LogP contribution in [0.3, 0.4) is 0 Å². The molecule has 0 aromatic carbocycles. The van der Waals surface area contributed by atoms with Crippen LogP contribution >= 0.6 is 0 Å². The van der Waals surface area contributed by atoms with Crippen LogP contribution in [-0.4, -0.2) is 52.3 Å². The Kier molecular flexibility index (Phi) is 3.77. The van der Waals surface area contributed by atoms with Crippen molar-refractivity contribution in [3.05, 3.63) is 17.5 Å². The van der Waals surface area contributed by atoms with Crippen LogP contribution in [0, 0.1) is 18.3 Å². The first-order valence-electron chi connectivity index (χ1n) is 6.00. The first kappa shape index (κ1) is 12.1. The highest BCUT2D eigenvalue weighted by atomic mass is 15.3. The van der Waals surface area contributed by atoms with E-state index in [1.165, 1.54) is 5.69 Å². The van der Waals surface area contributed by atoms with Crippen molar-refractivity contribution in [2.45, 2.75) is 13.5 Å². The van der Waals surface area contributed by atoms with Gasteiger partial charge in [0.25, 0.3) is 0 Å². The molecule has 2 rings (SSSR count). The quantitative estimate of drug-likeness (QED) is 0.708. The molecule has 5 nitrogen and oxygen atoms in total. The van der Waals surface area contributed by atoms with Crippen LogP contribution < -0.4 is 0 Å². The Morgan fingerprint density at radius 2 is 1.94 bits per heavy atom. The second-order valence-electron chi connectivity index (χ2n) is 4.61. The number of nitrogens with zero attached hydrogens (tertiary/aromatic N) is 5. The van der Waals surface area contributed by atoms with Crippen LogP contribution in [-0.2, 0) is 13.6 Å². The molecule has 1 saturated heterocycles. The largest absolute Gasteiger partial charge is 0.295 e. The number of aryl methyl sites for hydroxylation is 2. The molecule has 5 heteroatoms. The summed E-state index contributed by atoms with van der Waals surface area (Å²) < 4.78 is 1.96. The standard InChI is InChI=1S/C12H19N5/c1-11-9-12(15(2)14-11)10-17-7-5-16(4-3-13)6-8-17/h9H,4-8,10H2,1-2H3. The molecule has 0 N–H and O–H groups in total. The summed E-state index contributed by atoms with van der Waals surface area (Å²) in [4.78, 5) is 4.62. The Hall–Kier alpha value is -1.38. The zero-order valence-corrected chi connectivity index (χ0v) is 10.6. The number of piperazine rings is 1. The van der Waals surface area contributed by atoms with Crippen molar-refractivity contribution in [3.63, 3.8) is 0 Å². The van der Waals surface area contributed by atoms with Crippen LogP contribution in [0.5, 0.6) is 0 Å². The Bertz CT molecular complexity index is 409. The normalized spacial score (nSPS) is 18.2. The maximum Gasteiger partial charge on any atom is 0.0866 e. The molecule has 1 fully saturated rings. The summed E-state index contributed by atoms with van der Waals surface area (Å²) in [6, 6.07) is 4.35. The summed E-state index contributed by atoms with van der Waals surface area (Å²) in [6.07, 6.45) is 0. The van der Waals surface area contributed by atoms with Gasteiger partial charge >= 0.3 is 0 Å². The molecule has 0 atom stereocenters. The van der Waals surface area contributed by atoms with Crippen molar-refractivity contribution in [1.82, 2.24) is 19.6 Å². The Balaban J connectivity index is 1.86. The van der Waals surface area contributed by atoms with Crippen molar-refractivity contribution in [3.8, 4) is 6.07 Å². The van der Waals surface area contributed by atoms with E-state index in [1.807, 2.05) is 18.7 Å². The molecule has 17 heavy (non-hydrogen) atoms. The van der Waals surface area contributed by atoms with E-state index in [1.54, 1.807) is 0 Å². The Morgan fingerprint density at radius 3 is 2.47 bits per heavy atom. The summed E-state index contributed by atoms with van der Waals surface area (Å²) in [5.41, 5.74) is 2.34. The van der Waals surface area contributed by atoms with Gasteiger partial charge in [0.2, 0.25) is 0 Å². The second-order valence-corrected chi connectivity index (χ2v) is 4.61. The first-order chi connectivity index (χ1) is 8.19. The van der Waals surface area contributed by atoms with E-state index in [4.69, 9.17) is 5.26 Å². The van der Waals surface area contributed by atoms with E-state index >= 15 is 0 Å². The lowest BCUT2D eigenvalue weighted by Gasteiger charge is -2.33. The van der Waals surface area contributed by atoms with Gasteiger partial charge in [0.15, 0.2) is 0 Å². The number of hydrogen-bond donors (Lipinski definition) is 0. The van der Waals surface area contributed by atoms with Gasteiger partial charge < -0.3 is 0 Å². The maximum atomic E-state index is 8.64. The van der Waals surface area contributed by atoms with Gasteiger partial charge in [-0.3, -0.25) is 14.5 Å². The van der Waals surface area contributed by atoms with Gasteiger partial charge in [-0.2, -0.15) is 10.4 Å². The van der Waals surface area contributed by atoms with Crippen LogP contribution in [0.25, 0.3) is 0 Å². The minimum atomic E-state index is 0.554. The summed E-state index contributed by atoms with van der Waals surface area (Å²) >= 11 is 0. The van der Waals surface area contributed by atoms with Gasteiger partial charge in [0.05, 0.1) is 24.0 Å². The molecule has 0 aliphatic carbocycles. The zero-order valence-electron chi connectivity index (χ0n) is 10.6. The molecule has 0 radical (unpaired) electrons. The van der Waals surface area contributed by atoms with Crippen LogP contribution in [0.2, 0.25) is 0 Å². The highest BCUT2D eigenvalue weighted by Crippen LogP contribution is 2.09. The van der Waals surface area contributed by atoms with E-state index in [9.17, 15) is 0 Å². The third-order valence-electron chi connectivity index (χ3n) is 3.24. The van der Waals surface area contributed by atoms with Gasteiger partial charge in [0, 0.05) is 39.8 Å². The summed E-state index contributed by atoms with van der Waals surface area (Å²) in [5, 5.41) is 13.0. The number of aromatic nitrogens is 2. The minimum absolute atomic E-state index is 0.554. The fraction of sp³-hybridized carbons (Fsp3) is 0.667. The van der Waals surface area contributed by atoms with Gasteiger partial charge in [-0.15, -0.1) is 0 Å². The van der Waals surface area contributed by atoms with Crippen molar-refractivity contribution in [1.29, 1.82) is 5.26 Å². The predicted octanol–water partition coefficient (Wildman–Crippen LogP) is 0.370. The molecular weight excluding hydrogens is 214 g/mol. The molecule has 2 heterocycles. The molecule has 1 aliphatic heterocycles. The summed E-state index contributed by atoms with van der Waals surface area (Å²) in [5.74, 6) is 0. The minimum Gasteiger partial charge on any atom is -0.295 e. The molecule has 0 spiro atoms. The number of hydrogen-bond acceptors (Lipinski definition) is 4. The molecule has 0 bridgehead atoms. The van der Waals surface area contributed by atoms with Crippen molar-refractivity contribution in [2.24, 2.45) is 7.05 Å². The SMILES string of the molecule is Cc1cc(CN2CCN(CC#N)CC2)n(C)n1. The van der Waals surface area contributed by atoms with Crippen LogP contribution in [0.4, 0.5) is 0 Å². The van der Waals surface area contributed by atoms with E-state index in [2.05, 4.69) is 27.0 Å². The highest BCUT2D eigenvalue weighted by molar-refractivity contribution is 5.08. The third kappa shape index (κ3) is 3.05. The Labute approximate surface area is 102 Å². The van der Waals surface area contributed by atoms with Crippen molar-refractivity contribution < 1.29 is 0 Å². The molecule has 1 aliphatic rings. The number of rotatable bonds is 3. The van der Waals surface area contributed by atoms with E-state index < -0.39 is 0 Å². The first-order valence-corrected chi connectivity index (χ1v) is 6.00. The summed E-state index contributed by atoms with van der Waals surface area (Å²) in [6.45, 7) is 7.58. The topological polar surface area (TPSA) is 48.1 Å². The van der Waals surface area contributed by atoms with Gasteiger partial charge in [-0.25, -0.2) is 0 Å². The molecule has 0 amide bonds. The Morgan fingerprint density at radius 1 is 1.29 bits per heavy atom. The van der Waals surface area contributed by atoms with Crippen LogP contribution in [0.15, 0.2) is 6.07 Å². The van der Waals surface area contributed by atoms with Gasteiger partial charge in [0.1, 0.15) is 0 Å². The average molecular weight is 233 g/mol. The lowest BCUT2D eigenvalue weighted by atomic mass is 10.3. The van der Waals surface area contributed by atoms with Gasteiger partial charge in [-0.1, -0.05) is 0 Å². The molecule has 1 aromatic heterocycles. The zero-order chi connectivity index (χ0) is 12.3. The number of nitriles is 1. The summed E-state index contributed by atoms with van der Waals surface area (Å²) in [7, 11) is 1.99. The van der Waals surface area contributed by atoms with Crippen LogP contribution in [0.1, 0.15) is 11.4 Å². The highest BCUT2D eigenvalue weighted by Gasteiger charge is 2.17. The molecule has 92 valence electrons. The third-order valence-corrected chi connectivity index (χ3v) is 3.24. The molecule has 1 aromatic rings. The van der Waals surface area contributed by atoms with Crippen molar-refractivity contribution >= 4 is 0 Å². The average Bonchev–Trinajstić information content (AvgIpc) is 2.61. The molecule has 0 unspecified atom stereocenters. The molecular formula is C12H19N5. The van der Waals surface area contributed by atoms with E-state index in [0.29, 0.717) is 6.54 Å². The lowest BCUT2D eigenvalue weighted by Crippen LogP contribution is -2.46. The predicted molar refractivity (Wildman–Crippen MR) is 65.3 cm³/mol. The second kappa shape index (κ2) is 5.30.